The van der Waals surface area contributed by atoms with E-state index >= 15 is 0 Å². The van der Waals surface area contributed by atoms with E-state index in [1.54, 1.807) is 67.1 Å². The summed E-state index contributed by atoms with van der Waals surface area (Å²) in [5.41, 5.74) is 1.99. The number of hydrogen-bond donors (Lipinski definition) is 0. The molecule has 0 radical (unpaired) electrons. The number of halogens is 2. The zero-order valence-electron chi connectivity index (χ0n) is 14.9. The Balaban J connectivity index is 2.03. The van der Waals surface area contributed by atoms with E-state index in [0.29, 0.717) is 38.1 Å². The molecular formula is C22H12Cl2N4O. The smallest absolute Gasteiger partial charge is 0.264 e. The molecule has 0 unspecified atom stereocenters. The van der Waals surface area contributed by atoms with E-state index in [2.05, 4.69) is 16.0 Å². The molecule has 0 N–H and O–H groups in total. The molecule has 1 aromatic carbocycles. The number of benzene rings is 1. The van der Waals surface area contributed by atoms with Crippen molar-refractivity contribution in [3.8, 4) is 11.8 Å². The fraction of sp³-hybridized carbons (Fsp3) is 0. The lowest BCUT2D eigenvalue weighted by molar-refractivity contribution is 1.01. The van der Waals surface area contributed by atoms with Crippen LogP contribution in [0.5, 0.6) is 0 Å². The van der Waals surface area contributed by atoms with Crippen molar-refractivity contribution in [1.29, 1.82) is 5.26 Å². The molecule has 3 aromatic heterocycles. The van der Waals surface area contributed by atoms with E-state index in [0.717, 1.165) is 5.39 Å². The highest BCUT2D eigenvalue weighted by molar-refractivity contribution is 6.34. The Bertz CT molecular complexity index is 1330. The molecule has 5 nitrogen and oxygen atoms in total. The molecule has 0 aliphatic carbocycles. The van der Waals surface area contributed by atoms with Gasteiger partial charge in [-0.1, -0.05) is 23.2 Å². The van der Waals surface area contributed by atoms with Gasteiger partial charge in [0.2, 0.25) is 0 Å². The molecule has 0 bridgehead atoms. The van der Waals surface area contributed by atoms with Crippen molar-refractivity contribution in [2.75, 3.05) is 0 Å². The van der Waals surface area contributed by atoms with Crippen molar-refractivity contribution >= 4 is 45.9 Å². The van der Waals surface area contributed by atoms with Crippen LogP contribution in [-0.4, -0.2) is 14.5 Å². The molecule has 7 heteroatoms. The maximum atomic E-state index is 13.4. The summed E-state index contributed by atoms with van der Waals surface area (Å²) in [5.74, 6) is 0. The largest absolute Gasteiger partial charge is 0.268 e. The summed E-state index contributed by atoms with van der Waals surface area (Å²) in [7, 11) is 0. The van der Waals surface area contributed by atoms with Crippen LogP contribution < -0.4 is 5.56 Å². The average Bonchev–Trinajstić information content (AvgIpc) is 2.72. The van der Waals surface area contributed by atoms with E-state index in [1.165, 1.54) is 4.57 Å². The number of pyridine rings is 3. The molecule has 0 aliphatic rings. The predicted octanol–water partition coefficient (Wildman–Crippen LogP) is 5.15. The Hall–Kier alpha value is -3.46. The van der Waals surface area contributed by atoms with Crippen molar-refractivity contribution < 1.29 is 0 Å². The van der Waals surface area contributed by atoms with Crippen LogP contribution >= 0.6 is 23.2 Å². The van der Waals surface area contributed by atoms with E-state index in [9.17, 15) is 10.1 Å². The number of hydrogen-bond acceptors (Lipinski definition) is 4. The van der Waals surface area contributed by atoms with Gasteiger partial charge in [0.05, 0.1) is 17.3 Å². The Morgan fingerprint density at radius 3 is 2.45 bits per heavy atom. The fourth-order valence-electron chi connectivity index (χ4n) is 3.04. The maximum Gasteiger partial charge on any atom is 0.264 e. The number of nitrogens with zero attached hydrogens (tertiary/aromatic N) is 4. The second-order valence-corrected chi connectivity index (χ2v) is 7.06. The van der Waals surface area contributed by atoms with E-state index in [-0.39, 0.29) is 5.56 Å². The van der Waals surface area contributed by atoms with E-state index in [4.69, 9.17) is 23.2 Å². The topological polar surface area (TPSA) is 71.6 Å². The number of fused-ring (bicyclic) bond motifs is 1. The normalized spacial score (nSPS) is 11.4. The SMILES string of the molecule is N#C/C(=C/c1cc2cccnc2n(-c2cc(Cl)cc(Cl)c2)c1=O)c1ccncc1. The Morgan fingerprint density at radius 1 is 1.03 bits per heavy atom. The molecule has 0 amide bonds. The van der Waals surface area contributed by atoms with Crippen LogP contribution in [0.3, 0.4) is 0 Å². The van der Waals surface area contributed by atoms with Gasteiger partial charge in [0.25, 0.3) is 5.56 Å². The van der Waals surface area contributed by atoms with Gasteiger partial charge in [0.15, 0.2) is 0 Å². The fourth-order valence-corrected chi connectivity index (χ4v) is 3.56. The average molecular weight is 419 g/mol. The highest BCUT2D eigenvalue weighted by atomic mass is 35.5. The third-order valence-electron chi connectivity index (χ3n) is 4.31. The molecule has 0 atom stereocenters. The molecule has 4 rings (SSSR count). The highest BCUT2D eigenvalue weighted by Gasteiger charge is 2.13. The molecule has 0 saturated heterocycles. The lowest BCUT2D eigenvalue weighted by atomic mass is 10.0. The predicted molar refractivity (Wildman–Crippen MR) is 115 cm³/mol. The Morgan fingerprint density at radius 2 is 1.76 bits per heavy atom. The minimum absolute atomic E-state index is 0.337. The second kappa shape index (κ2) is 7.88. The lowest BCUT2D eigenvalue weighted by Crippen LogP contribution is -2.21. The van der Waals surface area contributed by atoms with Crippen LogP contribution in [0.2, 0.25) is 10.0 Å². The van der Waals surface area contributed by atoms with Gasteiger partial charge in [0, 0.05) is 39.6 Å². The summed E-state index contributed by atoms with van der Waals surface area (Å²) in [6.07, 6.45) is 6.36. The van der Waals surface area contributed by atoms with Crippen LogP contribution in [0.25, 0.3) is 28.4 Å². The van der Waals surface area contributed by atoms with E-state index < -0.39 is 0 Å². The third kappa shape index (κ3) is 3.77. The number of allylic oxidation sites excluding steroid dienone is 1. The van der Waals surface area contributed by atoms with Gasteiger partial charge in [-0.25, -0.2) is 4.98 Å². The summed E-state index contributed by atoms with van der Waals surface area (Å²) < 4.78 is 1.44. The van der Waals surface area contributed by atoms with Gasteiger partial charge < -0.3 is 0 Å². The van der Waals surface area contributed by atoms with Crippen molar-refractivity contribution in [2.24, 2.45) is 0 Å². The maximum absolute atomic E-state index is 13.4. The molecule has 0 saturated carbocycles. The Labute approximate surface area is 176 Å². The van der Waals surface area contributed by atoms with Crippen LogP contribution in [-0.2, 0) is 0 Å². The third-order valence-corrected chi connectivity index (χ3v) is 4.74. The molecule has 29 heavy (non-hydrogen) atoms. The molecule has 0 fully saturated rings. The first-order valence-electron chi connectivity index (χ1n) is 8.56. The minimum atomic E-state index is -0.337. The van der Waals surface area contributed by atoms with Crippen molar-refractivity contribution in [3.63, 3.8) is 0 Å². The highest BCUT2D eigenvalue weighted by Crippen LogP contribution is 2.24. The van der Waals surface area contributed by atoms with Crippen LogP contribution in [0, 0.1) is 11.3 Å². The van der Waals surface area contributed by atoms with Gasteiger partial charge in [-0.3, -0.25) is 14.3 Å². The zero-order chi connectivity index (χ0) is 20.4. The lowest BCUT2D eigenvalue weighted by Gasteiger charge is -2.12. The molecular weight excluding hydrogens is 407 g/mol. The summed E-state index contributed by atoms with van der Waals surface area (Å²) in [6, 6.07) is 15.8. The van der Waals surface area contributed by atoms with Crippen LogP contribution in [0.15, 0.2) is 71.9 Å². The molecule has 140 valence electrons. The van der Waals surface area contributed by atoms with Gasteiger partial charge >= 0.3 is 0 Å². The minimum Gasteiger partial charge on any atom is -0.268 e. The Kier molecular flexibility index (Phi) is 5.13. The summed E-state index contributed by atoms with van der Waals surface area (Å²) in [6.45, 7) is 0. The summed E-state index contributed by atoms with van der Waals surface area (Å²) >= 11 is 12.3. The van der Waals surface area contributed by atoms with Gasteiger partial charge in [-0.15, -0.1) is 0 Å². The van der Waals surface area contributed by atoms with Crippen molar-refractivity contribution in [2.45, 2.75) is 0 Å². The molecule has 4 aromatic rings. The first-order valence-corrected chi connectivity index (χ1v) is 9.32. The van der Waals surface area contributed by atoms with Crippen molar-refractivity contribution in [1.82, 2.24) is 14.5 Å². The number of aromatic nitrogens is 3. The van der Waals surface area contributed by atoms with Crippen LogP contribution in [0.1, 0.15) is 11.1 Å². The monoisotopic (exact) mass is 418 g/mol. The first kappa shape index (κ1) is 18.9. The van der Waals surface area contributed by atoms with Crippen LogP contribution in [0.4, 0.5) is 0 Å². The van der Waals surface area contributed by atoms with Gasteiger partial charge in [-0.2, -0.15) is 5.26 Å². The quantitative estimate of drug-likeness (QED) is 0.431. The zero-order valence-corrected chi connectivity index (χ0v) is 16.4. The summed E-state index contributed by atoms with van der Waals surface area (Å²) in [4.78, 5) is 21.7. The molecule has 0 spiro atoms. The molecule has 3 heterocycles. The first-order chi connectivity index (χ1) is 14.1. The standard InChI is InChI=1S/C22H12Cl2N4O/c23-18-10-19(24)12-20(11-18)28-21-15(2-1-5-27-21)8-16(22(28)29)9-17(13-25)14-3-6-26-7-4-14/h1-12H/b17-9-. The van der Waals surface area contributed by atoms with Gasteiger partial charge in [-0.05, 0) is 60.2 Å². The second-order valence-electron chi connectivity index (χ2n) is 6.19. The number of rotatable bonds is 3. The number of nitriles is 1. The summed E-state index contributed by atoms with van der Waals surface area (Å²) in [5, 5.41) is 11.2. The van der Waals surface area contributed by atoms with Gasteiger partial charge in [0.1, 0.15) is 5.65 Å². The molecule has 0 aliphatic heterocycles. The van der Waals surface area contributed by atoms with Crippen molar-refractivity contribution in [3.05, 3.63) is 98.6 Å². The van der Waals surface area contributed by atoms with E-state index in [1.807, 2.05) is 6.07 Å².